The van der Waals surface area contributed by atoms with E-state index in [0.29, 0.717) is 5.89 Å². The number of carbonyl (C=O) groups is 1. The van der Waals surface area contributed by atoms with Gasteiger partial charge in [0.1, 0.15) is 12.3 Å². The summed E-state index contributed by atoms with van der Waals surface area (Å²) >= 11 is 5.15. The van der Waals surface area contributed by atoms with Gasteiger partial charge in [-0.3, -0.25) is 4.79 Å². The predicted molar refractivity (Wildman–Crippen MR) is 105 cm³/mol. The van der Waals surface area contributed by atoms with Crippen LogP contribution in [0, 0.1) is 25.6 Å². The first-order valence-electron chi connectivity index (χ1n) is 8.53. The Morgan fingerprint density at radius 3 is 2.59 bits per heavy atom. The standard InChI is InChI=1S/C20H21N3O3S/c1-13-5-4-6-17(10-13)25-12-19-22-23(20(27)26-19)11-18(24)21-16-8-14(2)7-15(3)9-16/h4-10H,11-12H2,1-3H3,(H,21,24). The number of nitrogens with one attached hydrogen (secondary N) is 1. The molecule has 0 saturated heterocycles. The summed E-state index contributed by atoms with van der Waals surface area (Å²) in [4.78, 5) is 12.4. The summed E-state index contributed by atoms with van der Waals surface area (Å²) in [5.74, 6) is 0.814. The third-order valence-electron chi connectivity index (χ3n) is 3.80. The summed E-state index contributed by atoms with van der Waals surface area (Å²) in [6.45, 7) is 6.06. The van der Waals surface area contributed by atoms with E-state index < -0.39 is 0 Å². The number of rotatable bonds is 6. The zero-order chi connectivity index (χ0) is 19.4. The quantitative estimate of drug-likeness (QED) is 0.641. The molecule has 0 fully saturated rings. The van der Waals surface area contributed by atoms with Crippen LogP contribution >= 0.6 is 12.2 Å². The molecule has 0 bridgehead atoms. The van der Waals surface area contributed by atoms with Gasteiger partial charge in [0.25, 0.3) is 10.7 Å². The van der Waals surface area contributed by atoms with E-state index in [0.717, 1.165) is 28.1 Å². The third-order valence-corrected chi connectivity index (χ3v) is 4.09. The van der Waals surface area contributed by atoms with Gasteiger partial charge >= 0.3 is 0 Å². The molecule has 0 aliphatic rings. The van der Waals surface area contributed by atoms with Crippen molar-refractivity contribution in [3.8, 4) is 5.75 Å². The Kier molecular flexibility index (Phi) is 5.71. The van der Waals surface area contributed by atoms with Crippen molar-refractivity contribution >= 4 is 23.8 Å². The van der Waals surface area contributed by atoms with Crippen molar-refractivity contribution in [2.24, 2.45) is 0 Å². The van der Waals surface area contributed by atoms with Crippen LogP contribution in [0.2, 0.25) is 0 Å². The van der Waals surface area contributed by atoms with E-state index in [-0.39, 0.29) is 23.9 Å². The monoisotopic (exact) mass is 383 g/mol. The fraction of sp³-hybridized carbons (Fsp3) is 0.250. The Morgan fingerprint density at radius 1 is 1.15 bits per heavy atom. The molecule has 0 spiro atoms. The van der Waals surface area contributed by atoms with E-state index in [1.54, 1.807) is 0 Å². The zero-order valence-corrected chi connectivity index (χ0v) is 16.3. The summed E-state index contributed by atoms with van der Waals surface area (Å²) in [6.07, 6.45) is 0. The lowest BCUT2D eigenvalue weighted by molar-refractivity contribution is -0.117. The number of hydrogen-bond donors (Lipinski definition) is 1. The molecular weight excluding hydrogens is 362 g/mol. The number of ether oxygens (including phenoxy) is 1. The van der Waals surface area contributed by atoms with Crippen LogP contribution in [-0.4, -0.2) is 15.7 Å². The largest absolute Gasteiger partial charge is 0.484 e. The van der Waals surface area contributed by atoms with Crippen LogP contribution in [-0.2, 0) is 17.9 Å². The van der Waals surface area contributed by atoms with Crippen molar-refractivity contribution in [3.05, 3.63) is 69.9 Å². The van der Waals surface area contributed by atoms with E-state index in [1.165, 1.54) is 4.68 Å². The van der Waals surface area contributed by atoms with Crippen LogP contribution in [0.1, 0.15) is 22.6 Å². The van der Waals surface area contributed by atoms with Gasteiger partial charge in [-0.15, -0.1) is 5.10 Å². The third kappa shape index (κ3) is 5.27. The average molecular weight is 383 g/mol. The van der Waals surface area contributed by atoms with Crippen LogP contribution in [0.3, 0.4) is 0 Å². The molecule has 0 atom stereocenters. The molecule has 0 aliphatic carbocycles. The molecule has 1 aromatic heterocycles. The van der Waals surface area contributed by atoms with E-state index in [1.807, 2.05) is 63.2 Å². The molecule has 0 saturated carbocycles. The van der Waals surface area contributed by atoms with Crippen LogP contribution < -0.4 is 10.1 Å². The molecule has 0 aliphatic heterocycles. The predicted octanol–water partition coefficient (Wildman–Crippen LogP) is 4.35. The fourth-order valence-corrected chi connectivity index (χ4v) is 2.94. The first-order valence-corrected chi connectivity index (χ1v) is 8.94. The van der Waals surface area contributed by atoms with Gasteiger partial charge in [0.2, 0.25) is 5.91 Å². The van der Waals surface area contributed by atoms with Gasteiger partial charge in [-0.1, -0.05) is 18.2 Å². The number of amides is 1. The van der Waals surface area contributed by atoms with E-state index >= 15 is 0 Å². The summed E-state index contributed by atoms with van der Waals surface area (Å²) in [5, 5.41) is 7.08. The maximum atomic E-state index is 12.3. The average Bonchev–Trinajstić information content (AvgIpc) is 2.91. The summed E-state index contributed by atoms with van der Waals surface area (Å²) in [5.41, 5.74) is 4.01. The minimum atomic E-state index is -0.226. The van der Waals surface area contributed by atoms with Gasteiger partial charge in [-0.2, -0.15) is 0 Å². The molecule has 140 valence electrons. The number of carbonyl (C=O) groups excluding carboxylic acids is 1. The number of benzene rings is 2. The summed E-state index contributed by atoms with van der Waals surface area (Å²) < 4.78 is 12.4. The van der Waals surface area contributed by atoms with Crippen LogP contribution in [0.4, 0.5) is 5.69 Å². The van der Waals surface area contributed by atoms with Gasteiger partial charge in [-0.05, 0) is 73.9 Å². The molecule has 1 amide bonds. The van der Waals surface area contributed by atoms with Gasteiger partial charge in [-0.25, -0.2) is 4.68 Å². The molecular formula is C20H21N3O3S. The summed E-state index contributed by atoms with van der Waals surface area (Å²) in [6, 6.07) is 13.5. The highest BCUT2D eigenvalue weighted by atomic mass is 32.1. The molecule has 3 aromatic rings. The van der Waals surface area contributed by atoms with Crippen molar-refractivity contribution in [1.29, 1.82) is 0 Å². The highest BCUT2D eigenvalue weighted by Crippen LogP contribution is 2.15. The Hall–Kier alpha value is -2.93. The smallest absolute Gasteiger partial charge is 0.287 e. The lowest BCUT2D eigenvalue weighted by Crippen LogP contribution is -2.20. The van der Waals surface area contributed by atoms with Crippen molar-refractivity contribution in [3.63, 3.8) is 0 Å². The van der Waals surface area contributed by atoms with Crippen molar-refractivity contribution in [2.45, 2.75) is 33.9 Å². The molecule has 27 heavy (non-hydrogen) atoms. The number of aromatic nitrogens is 2. The van der Waals surface area contributed by atoms with Crippen LogP contribution in [0.5, 0.6) is 5.75 Å². The number of nitrogens with zero attached hydrogens (tertiary/aromatic N) is 2. The zero-order valence-electron chi connectivity index (χ0n) is 15.5. The maximum absolute atomic E-state index is 12.3. The number of aryl methyl sites for hydroxylation is 3. The Labute approximate surface area is 162 Å². The molecule has 1 N–H and O–H groups in total. The number of anilines is 1. The van der Waals surface area contributed by atoms with Gasteiger partial charge < -0.3 is 14.5 Å². The molecule has 0 unspecified atom stereocenters. The van der Waals surface area contributed by atoms with Gasteiger partial charge in [0, 0.05) is 5.69 Å². The number of hydrogen-bond acceptors (Lipinski definition) is 5. The second kappa shape index (κ2) is 8.18. The van der Waals surface area contributed by atoms with Gasteiger partial charge in [0.05, 0.1) is 0 Å². The minimum absolute atomic E-state index is 0.0280. The first-order chi connectivity index (χ1) is 12.9. The SMILES string of the molecule is Cc1cc(C)cc(NC(=O)Cn2nc(COc3cccc(C)c3)oc2=S)c1. The second-order valence-electron chi connectivity index (χ2n) is 6.45. The maximum Gasteiger partial charge on any atom is 0.287 e. The topological polar surface area (TPSA) is 69.3 Å². The summed E-state index contributed by atoms with van der Waals surface area (Å²) in [7, 11) is 0. The second-order valence-corrected chi connectivity index (χ2v) is 6.80. The van der Waals surface area contributed by atoms with E-state index in [4.69, 9.17) is 21.4 Å². The molecule has 7 heteroatoms. The highest BCUT2D eigenvalue weighted by Gasteiger charge is 2.11. The molecule has 2 aromatic carbocycles. The Morgan fingerprint density at radius 2 is 1.89 bits per heavy atom. The first kappa shape index (κ1) is 18.8. The molecule has 1 heterocycles. The van der Waals surface area contributed by atoms with E-state index in [2.05, 4.69) is 10.4 Å². The van der Waals surface area contributed by atoms with Crippen LogP contribution in [0.15, 0.2) is 46.9 Å². The van der Waals surface area contributed by atoms with Crippen molar-refractivity contribution < 1.29 is 13.9 Å². The molecule has 3 rings (SSSR count). The lowest BCUT2D eigenvalue weighted by Gasteiger charge is -2.07. The van der Waals surface area contributed by atoms with Crippen LogP contribution in [0.25, 0.3) is 0 Å². The Balaban J connectivity index is 1.62. The molecule has 6 nitrogen and oxygen atoms in total. The highest BCUT2D eigenvalue weighted by molar-refractivity contribution is 7.71. The molecule has 0 radical (unpaired) electrons. The minimum Gasteiger partial charge on any atom is -0.484 e. The van der Waals surface area contributed by atoms with Crippen molar-refractivity contribution in [2.75, 3.05) is 5.32 Å². The van der Waals surface area contributed by atoms with Gasteiger partial charge in [0.15, 0.2) is 6.61 Å². The van der Waals surface area contributed by atoms with E-state index in [9.17, 15) is 4.79 Å². The normalized spacial score (nSPS) is 10.6. The Bertz CT molecular complexity index is 1000. The fourth-order valence-electron chi connectivity index (χ4n) is 2.74. The lowest BCUT2D eigenvalue weighted by atomic mass is 10.1. The van der Waals surface area contributed by atoms with Crippen molar-refractivity contribution in [1.82, 2.24) is 9.78 Å².